The molecule has 1 fully saturated rings. The predicted molar refractivity (Wildman–Crippen MR) is 175 cm³/mol. The predicted octanol–water partition coefficient (Wildman–Crippen LogP) is 5.17. The Balaban J connectivity index is 1.33. The van der Waals surface area contributed by atoms with Gasteiger partial charge >= 0.3 is 5.97 Å². The summed E-state index contributed by atoms with van der Waals surface area (Å²) < 4.78 is 89.9. The van der Waals surface area contributed by atoms with Crippen LogP contribution < -0.4 is 4.74 Å². The lowest BCUT2D eigenvalue weighted by molar-refractivity contribution is 0.0600. The Morgan fingerprint density at radius 3 is 2.44 bits per heavy atom. The zero-order valence-electron chi connectivity index (χ0n) is 27.1. The zero-order valence-corrected chi connectivity index (χ0v) is 27.9. The van der Waals surface area contributed by atoms with Gasteiger partial charge in [0.25, 0.3) is 0 Å². The van der Waals surface area contributed by atoms with Crippen molar-refractivity contribution in [3.05, 3.63) is 112 Å². The number of esters is 1. The van der Waals surface area contributed by atoms with Gasteiger partial charge in [-0.2, -0.15) is 9.57 Å². The number of carbonyl (C=O) groups is 1. The molecule has 50 heavy (non-hydrogen) atoms. The Morgan fingerprint density at radius 2 is 1.74 bits per heavy atom. The van der Waals surface area contributed by atoms with E-state index in [1.807, 2.05) is 6.07 Å². The van der Waals surface area contributed by atoms with Crippen LogP contribution in [0.1, 0.15) is 38.9 Å². The molecule has 0 unspecified atom stereocenters. The van der Waals surface area contributed by atoms with Gasteiger partial charge in [-0.15, -0.1) is 0 Å². The van der Waals surface area contributed by atoms with E-state index in [1.54, 1.807) is 16.7 Å². The van der Waals surface area contributed by atoms with E-state index in [1.165, 1.54) is 54.9 Å². The average Bonchev–Trinajstić information content (AvgIpc) is 3.69. The molecule has 0 amide bonds. The maximum atomic E-state index is 15.8. The van der Waals surface area contributed by atoms with E-state index in [-0.39, 0.29) is 65.5 Å². The van der Waals surface area contributed by atoms with Gasteiger partial charge in [-0.3, -0.25) is 0 Å². The second-order valence-electron chi connectivity index (χ2n) is 11.7. The summed E-state index contributed by atoms with van der Waals surface area (Å²) in [6, 6.07) is 16.5. The summed E-state index contributed by atoms with van der Waals surface area (Å²) >= 11 is 0. The number of ether oxygens (including phenoxy) is 3. The van der Waals surface area contributed by atoms with Crippen molar-refractivity contribution in [3.8, 4) is 23.2 Å². The van der Waals surface area contributed by atoms with Crippen LogP contribution in [0.4, 0.5) is 13.2 Å². The number of nitrogens with zero attached hydrogens (tertiary/aromatic N) is 5. The Bertz CT molecular complexity index is 2270. The molecule has 0 spiro atoms. The largest absolute Gasteiger partial charge is 0.473 e. The van der Waals surface area contributed by atoms with E-state index in [9.17, 15) is 17.6 Å². The Kier molecular flexibility index (Phi) is 9.61. The third kappa shape index (κ3) is 6.90. The summed E-state index contributed by atoms with van der Waals surface area (Å²) in [6.45, 7) is -0.125. The molecule has 0 radical (unpaired) electrons. The number of rotatable bonds is 10. The highest BCUT2D eigenvalue weighted by Gasteiger charge is 2.40. The molecule has 1 aliphatic heterocycles. The first-order valence-corrected chi connectivity index (χ1v) is 17.1. The number of benzene rings is 3. The van der Waals surface area contributed by atoms with Crippen LogP contribution in [0.3, 0.4) is 0 Å². The Morgan fingerprint density at radius 1 is 0.960 bits per heavy atom. The van der Waals surface area contributed by atoms with Crippen LogP contribution in [-0.2, 0) is 32.5 Å². The van der Waals surface area contributed by atoms with Crippen molar-refractivity contribution in [1.82, 2.24) is 18.8 Å². The molecular formula is C35H30F3N5O6S. The summed E-state index contributed by atoms with van der Waals surface area (Å²) in [5.74, 6) is -2.42. The molecule has 6 rings (SSSR count). The Hall–Kier alpha value is -5.30. The number of carbonyl (C=O) groups excluding carboxylic acids is 1. The fourth-order valence-electron chi connectivity index (χ4n) is 5.98. The molecule has 3 heterocycles. The average molecular weight is 706 g/mol. The molecule has 3 aromatic carbocycles. The van der Waals surface area contributed by atoms with E-state index in [2.05, 4.69) is 9.97 Å². The summed E-state index contributed by atoms with van der Waals surface area (Å²) in [4.78, 5) is 21.4. The SMILES string of the molecule is COC(=O)c1ccc2nc(Cc3cc(F)c(-c4cccc(OCc5ccc(C#N)cc5F)n4)cc3F)n([C@H]3CN(S(C)(=O)=O)C[C@H]3OC)c2c1. The van der Waals surface area contributed by atoms with Crippen LogP contribution >= 0.6 is 0 Å². The number of hydrogen-bond donors (Lipinski definition) is 0. The number of halogens is 3. The molecule has 2 atom stereocenters. The van der Waals surface area contributed by atoms with E-state index >= 15 is 8.78 Å². The number of imidazole rings is 1. The van der Waals surface area contributed by atoms with E-state index in [4.69, 9.17) is 19.5 Å². The minimum Gasteiger partial charge on any atom is -0.473 e. The van der Waals surface area contributed by atoms with Crippen molar-refractivity contribution >= 4 is 27.0 Å². The first kappa shape index (κ1) is 34.6. The van der Waals surface area contributed by atoms with E-state index in [0.29, 0.717) is 16.9 Å². The molecule has 11 nitrogen and oxygen atoms in total. The third-order valence-electron chi connectivity index (χ3n) is 8.53. The first-order valence-electron chi connectivity index (χ1n) is 15.2. The molecule has 1 saturated heterocycles. The minimum atomic E-state index is -3.60. The van der Waals surface area contributed by atoms with Gasteiger partial charge in [-0.1, -0.05) is 12.1 Å². The molecule has 0 aliphatic carbocycles. The number of hydrogen-bond acceptors (Lipinski definition) is 9. The molecule has 2 aromatic heterocycles. The van der Waals surface area contributed by atoms with Gasteiger partial charge < -0.3 is 18.8 Å². The van der Waals surface area contributed by atoms with Gasteiger partial charge in [0.05, 0.1) is 59.4 Å². The van der Waals surface area contributed by atoms with Gasteiger partial charge in [0.1, 0.15) is 29.9 Å². The molecule has 0 saturated carbocycles. The standard InChI is InChI=1S/C35H30F3N5O6S/c1-47-32-18-42(50(3,45)46)17-31(32)43-30-13-21(35(44)48-2)9-10-29(30)40-33(43)14-23-12-27(38)24(15-26(23)37)28-5-4-6-34(41-28)49-19-22-8-7-20(16-39)11-25(22)36/h4-13,15,31-32H,14,17-19H2,1-3H3/t31-,32+/m0/s1. The van der Waals surface area contributed by atoms with Crippen LogP contribution in [0.2, 0.25) is 0 Å². The molecule has 5 aromatic rings. The zero-order chi connectivity index (χ0) is 35.7. The summed E-state index contributed by atoms with van der Waals surface area (Å²) in [5, 5.41) is 8.95. The monoisotopic (exact) mass is 705 g/mol. The van der Waals surface area contributed by atoms with Gasteiger partial charge in [0.2, 0.25) is 15.9 Å². The van der Waals surface area contributed by atoms with Crippen molar-refractivity contribution in [2.75, 3.05) is 33.6 Å². The highest BCUT2D eigenvalue weighted by molar-refractivity contribution is 7.88. The van der Waals surface area contributed by atoms with Crippen molar-refractivity contribution in [3.63, 3.8) is 0 Å². The van der Waals surface area contributed by atoms with Crippen molar-refractivity contribution in [2.24, 2.45) is 0 Å². The molecular weight excluding hydrogens is 675 g/mol. The number of pyridine rings is 1. The third-order valence-corrected chi connectivity index (χ3v) is 9.77. The topological polar surface area (TPSA) is 137 Å². The normalized spacial score (nSPS) is 16.4. The number of nitriles is 1. The van der Waals surface area contributed by atoms with Crippen LogP contribution in [0.5, 0.6) is 5.88 Å². The number of fused-ring (bicyclic) bond motifs is 1. The minimum absolute atomic E-state index is 0.0237. The maximum Gasteiger partial charge on any atom is 0.337 e. The second-order valence-corrected chi connectivity index (χ2v) is 13.7. The quantitative estimate of drug-likeness (QED) is 0.180. The van der Waals surface area contributed by atoms with Crippen molar-refractivity contribution < 1.29 is 40.6 Å². The van der Waals surface area contributed by atoms with Gasteiger partial charge in [-0.05, 0) is 54.1 Å². The smallest absolute Gasteiger partial charge is 0.337 e. The van der Waals surface area contributed by atoms with Gasteiger partial charge in [0.15, 0.2) is 0 Å². The van der Waals surface area contributed by atoms with Crippen LogP contribution in [0.15, 0.2) is 66.7 Å². The van der Waals surface area contributed by atoms with Gasteiger partial charge in [0, 0.05) is 43.8 Å². The summed E-state index contributed by atoms with van der Waals surface area (Å²) in [5.41, 5.74) is 1.37. The Labute approximate surface area is 285 Å². The van der Waals surface area contributed by atoms with Crippen LogP contribution in [0, 0.1) is 28.8 Å². The molecule has 258 valence electrons. The highest BCUT2D eigenvalue weighted by Crippen LogP contribution is 2.34. The molecule has 0 N–H and O–H groups in total. The maximum absolute atomic E-state index is 15.8. The van der Waals surface area contributed by atoms with E-state index in [0.717, 1.165) is 24.5 Å². The summed E-state index contributed by atoms with van der Waals surface area (Å²) in [7, 11) is -0.896. The summed E-state index contributed by atoms with van der Waals surface area (Å²) in [6.07, 6.45) is 0.292. The second kappa shape index (κ2) is 13.9. The number of methoxy groups -OCH3 is 2. The molecule has 1 aliphatic rings. The fourth-order valence-corrected chi connectivity index (χ4v) is 6.82. The number of aromatic nitrogens is 3. The fraction of sp³-hybridized carbons (Fsp3) is 0.257. The lowest BCUT2D eigenvalue weighted by Gasteiger charge is -2.22. The lowest BCUT2D eigenvalue weighted by Crippen LogP contribution is -2.28. The van der Waals surface area contributed by atoms with E-state index < -0.39 is 45.6 Å². The lowest BCUT2D eigenvalue weighted by atomic mass is 10.0. The van der Waals surface area contributed by atoms with Crippen LogP contribution in [-0.4, -0.2) is 72.9 Å². The van der Waals surface area contributed by atoms with Crippen LogP contribution in [0.25, 0.3) is 22.3 Å². The van der Waals surface area contributed by atoms with Crippen molar-refractivity contribution in [2.45, 2.75) is 25.2 Å². The first-order chi connectivity index (χ1) is 23.9. The molecule has 0 bridgehead atoms. The van der Waals surface area contributed by atoms with Crippen molar-refractivity contribution in [1.29, 1.82) is 5.26 Å². The van der Waals surface area contributed by atoms with Gasteiger partial charge in [-0.25, -0.2) is 36.4 Å². The number of sulfonamides is 1. The molecule has 15 heteroatoms. The highest BCUT2D eigenvalue weighted by atomic mass is 32.2.